The van der Waals surface area contributed by atoms with Crippen LogP contribution in [0.3, 0.4) is 0 Å². The van der Waals surface area contributed by atoms with Crippen LogP contribution in [0.1, 0.15) is 35.9 Å². The fourth-order valence-electron chi connectivity index (χ4n) is 3.46. The third-order valence-electron chi connectivity index (χ3n) is 4.73. The number of nitrogens with one attached hydrogen (secondary N) is 1. The molecule has 0 spiro atoms. The molecule has 5 nitrogen and oxygen atoms in total. The standard InChI is InChI=1S/C18H20N2O3/c1-18(16-9-5-11-23-16)19-15-8-3-2-7-14(15)17(21)20(18)12-13-6-4-10-22-13/h2-3,5,7-9,11,13,19H,4,6,10,12H2,1H3. The molecule has 0 saturated carbocycles. The number of anilines is 1. The molecule has 1 saturated heterocycles. The van der Waals surface area contributed by atoms with Gasteiger partial charge in [-0.3, -0.25) is 4.79 Å². The van der Waals surface area contributed by atoms with E-state index in [1.807, 2.05) is 48.2 Å². The Hall–Kier alpha value is -2.27. The first-order valence-corrected chi connectivity index (χ1v) is 8.03. The molecule has 5 heteroatoms. The second-order valence-electron chi connectivity index (χ2n) is 6.27. The maximum Gasteiger partial charge on any atom is 0.258 e. The number of hydrogen-bond acceptors (Lipinski definition) is 4. The van der Waals surface area contributed by atoms with Gasteiger partial charge in [-0.1, -0.05) is 12.1 Å². The highest BCUT2D eigenvalue weighted by molar-refractivity contribution is 6.02. The third-order valence-corrected chi connectivity index (χ3v) is 4.73. The molecule has 0 bridgehead atoms. The minimum atomic E-state index is -0.721. The summed E-state index contributed by atoms with van der Waals surface area (Å²) in [5, 5.41) is 3.49. The van der Waals surface area contributed by atoms with Crippen molar-refractivity contribution >= 4 is 11.6 Å². The lowest BCUT2D eigenvalue weighted by atomic mass is 9.97. The van der Waals surface area contributed by atoms with E-state index >= 15 is 0 Å². The summed E-state index contributed by atoms with van der Waals surface area (Å²) in [5.41, 5.74) is 0.801. The highest BCUT2D eigenvalue weighted by Gasteiger charge is 2.45. The molecular formula is C18H20N2O3. The van der Waals surface area contributed by atoms with E-state index in [1.165, 1.54) is 0 Å². The molecule has 2 unspecified atom stereocenters. The van der Waals surface area contributed by atoms with Gasteiger partial charge in [0.25, 0.3) is 5.91 Å². The lowest BCUT2D eigenvalue weighted by Crippen LogP contribution is -2.57. The number of hydrogen-bond donors (Lipinski definition) is 1. The van der Waals surface area contributed by atoms with Crippen LogP contribution in [0.5, 0.6) is 0 Å². The van der Waals surface area contributed by atoms with Gasteiger partial charge in [0.1, 0.15) is 5.76 Å². The molecular weight excluding hydrogens is 292 g/mol. The molecule has 3 heterocycles. The fourth-order valence-corrected chi connectivity index (χ4v) is 3.46. The summed E-state index contributed by atoms with van der Waals surface area (Å²) < 4.78 is 11.4. The van der Waals surface area contributed by atoms with Crippen LogP contribution in [-0.4, -0.2) is 30.1 Å². The Labute approximate surface area is 135 Å². The lowest BCUT2D eigenvalue weighted by Gasteiger charge is -2.45. The molecule has 4 rings (SSSR count). The summed E-state index contributed by atoms with van der Waals surface area (Å²) in [7, 11) is 0. The van der Waals surface area contributed by atoms with Crippen molar-refractivity contribution in [2.24, 2.45) is 0 Å². The highest BCUT2D eigenvalue weighted by atomic mass is 16.5. The van der Waals surface area contributed by atoms with Crippen LogP contribution in [-0.2, 0) is 10.4 Å². The summed E-state index contributed by atoms with van der Waals surface area (Å²) in [6, 6.07) is 11.3. The minimum Gasteiger partial charge on any atom is -0.465 e. The number of para-hydroxylation sites is 1. The zero-order valence-electron chi connectivity index (χ0n) is 13.1. The Kier molecular flexibility index (Phi) is 3.38. The van der Waals surface area contributed by atoms with E-state index in [4.69, 9.17) is 9.15 Å². The first-order chi connectivity index (χ1) is 11.2. The van der Waals surface area contributed by atoms with E-state index < -0.39 is 5.66 Å². The molecule has 1 fully saturated rings. The molecule has 2 aliphatic rings. The second-order valence-corrected chi connectivity index (χ2v) is 6.27. The smallest absolute Gasteiger partial charge is 0.258 e. The first-order valence-electron chi connectivity index (χ1n) is 8.03. The van der Waals surface area contributed by atoms with Gasteiger partial charge in [-0.05, 0) is 44.0 Å². The number of carbonyl (C=O) groups is 1. The molecule has 2 atom stereocenters. The zero-order chi connectivity index (χ0) is 15.9. The Balaban J connectivity index is 1.76. The Morgan fingerprint density at radius 3 is 2.91 bits per heavy atom. The van der Waals surface area contributed by atoms with Gasteiger partial charge in [-0.2, -0.15) is 0 Å². The van der Waals surface area contributed by atoms with Gasteiger partial charge in [-0.25, -0.2) is 0 Å². The summed E-state index contributed by atoms with van der Waals surface area (Å²) >= 11 is 0. The predicted octanol–water partition coefficient (Wildman–Crippen LogP) is 3.20. The van der Waals surface area contributed by atoms with Gasteiger partial charge in [0.15, 0.2) is 5.66 Å². The number of amides is 1. The molecule has 0 radical (unpaired) electrons. The van der Waals surface area contributed by atoms with Crippen LogP contribution in [0.4, 0.5) is 5.69 Å². The van der Waals surface area contributed by atoms with Crippen LogP contribution in [0, 0.1) is 0 Å². The number of nitrogens with zero attached hydrogens (tertiary/aromatic N) is 1. The second kappa shape index (κ2) is 5.42. The number of benzene rings is 1. The molecule has 2 aliphatic heterocycles. The average molecular weight is 312 g/mol. The molecule has 1 aromatic carbocycles. The van der Waals surface area contributed by atoms with Crippen molar-refractivity contribution < 1.29 is 13.9 Å². The quantitative estimate of drug-likeness (QED) is 0.945. The maximum atomic E-state index is 13.1. The summed E-state index contributed by atoms with van der Waals surface area (Å²) in [4.78, 5) is 14.9. The molecule has 1 aromatic heterocycles. The molecule has 0 aliphatic carbocycles. The van der Waals surface area contributed by atoms with Crippen molar-refractivity contribution in [1.29, 1.82) is 0 Å². The monoisotopic (exact) mass is 312 g/mol. The van der Waals surface area contributed by atoms with E-state index in [0.717, 1.165) is 30.9 Å². The zero-order valence-corrected chi connectivity index (χ0v) is 13.1. The van der Waals surface area contributed by atoms with E-state index in [2.05, 4.69) is 5.32 Å². The van der Waals surface area contributed by atoms with Crippen molar-refractivity contribution in [3.8, 4) is 0 Å². The highest BCUT2D eigenvalue weighted by Crippen LogP contribution is 2.38. The minimum absolute atomic E-state index is 0.00810. The third kappa shape index (κ3) is 2.32. The van der Waals surface area contributed by atoms with Crippen molar-refractivity contribution in [2.75, 3.05) is 18.5 Å². The van der Waals surface area contributed by atoms with Crippen molar-refractivity contribution in [3.63, 3.8) is 0 Å². The Bertz CT molecular complexity index is 707. The fraction of sp³-hybridized carbons (Fsp3) is 0.389. The van der Waals surface area contributed by atoms with Crippen molar-refractivity contribution in [2.45, 2.75) is 31.5 Å². The normalized spacial score (nSPS) is 26.9. The SMILES string of the molecule is CC1(c2ccco2)Nc2ccccc2C(=O)N1CC1CCCO1. The molecule has 1 N–H and O–H groups in total. The van der Waals surface area contributed by atoms with Gasteiger partial charge in [0.2, 0.25) is 0 Å². The predicted molar refractivity (Wildman–Crippen MR) is 86.1 cm³/mol. The Morgan fingerprint density at radius 1 is 1.30 bits per heavy atom. The van der Waals surface area contributed by atoms with Crippen LogP contribution < -0.4 is 5.32 Å². The number of furan rings is 1. The summed E-state index contributed by atoms with van der Waals surface area (Å²) in [6.45, 7) is 3.31. The van der Waals surface area contributed by atoms with Crippen LogP contribution in [0.25, 0.3) is 0 Å². The van der Waals surface area contributed by atoms with E-state index in [9.17, 15) is 4.79 Å². The number of ether oxygens (including phenoxy) is 1. The topological polar surface area (TPSA) is 54.7 Å². The molecule has 1 amide bonds. The molecule has 2 aromatic rings. The first kappa shape index (κ1) is 14.3. The number of carbonyl (C=O) groups excluding carboxylic acids is 1. The van der Waals surface area contributed by atoms with Gasteiger partial charge < -0.3 is 19.4 Å². The average Bonchev–Trinajstić information content (AvgIpc) is 3.25. The maximum absolute atomic E-state index is 13.1. The van der Waals surface area contributed by atoms with Gasteiger partial charge in [-0.15, -0.1) is 0 Å². The van der Waals surface area contributed by atoms with Crippen LogP contribution in [0.2, 0.25) is 0 Å². The number of rotatable bonds is 3. The number of fused-ring (bicyclic) bond motifs is 1. The largest absolute Gasteiger partial charge is 0.465 e. The Morgan fingerprint density at radius 2 is 2.17 bits per heavy atom. The van der Waals surface area contributed by atoms with Crippen molar-refractivity contribution in [3.05, 3.63) is 54.0 Å². The summed E-state index contributed by atoms with van der Waals surface area (Å²) in [6.07, 6.45) is 3.76. The van der Waals surface area contributed by atoms with E-state index in [0.29, 0.717) is 12.1 Å². The molecule has 23 heavy (non-hydrogen) atoms. The van der Waals surface area contributed by atoms with E-state index in [-0.39, 0.29) is 12.0 Å². The lowest BCUT2D eigenvalue weighted by molar-refractivity contribution is 0.0192. The van der Waals surface area contributed by atoms with E-state index in [1.54, 1.807) is 6.26 Å². The van der Waals surface area contributed by atoms with Gasteiger partial charge in [0, 0.05) is 18.8 Å². The van der Waals surface area contributed by atoms with Crippen LogP contribution in [0.15, 0.2) is 47.1 Å². The summed E-state index contributed by atoms with van der Waals surface area (Å²) in [5.74, 6) is 0.729. The van der Waals surface area contributed by atoms with Crippen LogP contribution >= 0.6 is 0 Å². The van der Waals surface area contributed by atoms with Gasteiger partial charge >= 0.3 is 0 Å². The molecule has 120 valence electrons. The van der Waals surface area contributed by atoms with Crippen molar-refractivity contribution in [1.82, 2.24) is 4.90 Å². The van der Waals surface area contributed by atoms with Gasteiger partial charge in [0.05, 0.1) is 17.9 Å².